The van der Waals surface area contributed by atoms with Gasteiger partial charge in [-0.1, -0.05) is 12.1 Å². The van der Waals surface area contributed by atoms with Gasteiger partial charge in [0.2, 0.25) is 10.0 Å². The van der Waals surface area contributed by atoms with E-state index < -0.39 is 22.8 Å². The van der Waals surface area contributed by atoms with Crippen LogP contribution in [-0.4, -0.2) is 34.4 Å². The summed E-state index contributed by atoms with van der Waals surface area (Å²) in [5.74, 6) is 0. The summed E-state index contributed by atoms with van der Waals surface area (Å²) in [5, 5.41) is 8.50. The van der Waals surface area contributed by atoms with Crippen LogP contribution in [0.15, 0.2) is 29.2 Å². The van der Waals surface area contributed by atoms with E-state index in [1.807, 2.05) is 6.07 Å². The van der Waals surface area contributed by atoms with Gasteiger partial charge in [0.1, 0.15) is 6.61 Å². The number of nitrogens with one attached hydrogen (secondary N) is 1. The van der Waals surface area contributed by atoms with Crippen LogP contribution in [0.4, 0.5) is 13.2 Å². The minimum Gasteiger partial charge on any atom is -0.371 e. The molecule has 0 amide bonds. The molecule has 1 rings (SSSR count). The fraction of sp³-hybridized carbons (Fsp3) is 0.417. The second kappa shape index (κ2) is 7.40. The van der Waals surface area contributed by atoms with E-state index in [0.717, 1.165) is 0 Å². The van der Waals surface area contributed by atoms with Crippen LogP contribution in [0.1, 0.15) is 5.56 Å². The van der Waals surface area contributed by atoms with Gasteiger partial charge < -0.3 is 4.74 Å². The van der Waals surface area contributed by atoms with E-state index in [0.29, 0.717) is 5.56 Å². The van der Waals surface area contributed by atoms with Crippen LogP contribution in [0.25, 0.3) is 0 Å². The molecule has 1 N–H and O–H groups in total. The number of sulfonamides is 1. The zero-order valence-corrected chi connectivity index (χ0v) is 11.7. The van der Waals surface area contributed by atoms with Crippen molar-refractivity contribution in [2.75, 3.05) is 19.8 Å². The van der Waals surface area contributed by atoms with Gasteiger partial charge >= 0.3 is 6.18 Å². The van der Waals surface area contributed by atoms with Gasteiger partial charge in [0.05, 0.1) is 24.0 Å². The maximum Gasteiger partial charge on any atom is 0.411 e. The van der Waals surface area contributed by atoms with E-state index in [-0.39, 0.29) is 24.5 Å². The lowest BCUT2D eigenvalue weighted by atomic mass is 10.2. The first-order valence-corrected chi connectivity index (χ1v) is 7.33. The monoisotopic (exact) mass is 322 g/mol. The molecule has 0 aliphatic heterocycles. The quantitative estimate of drug-likeness (QED) is 0.774. The molecule has 0 unspecified atom stereocenters. The van der Waals surface area contributed by atoms with E-state index in [4.69, 9.17) is 5.26 Å². The fourth-order valence-corrected chi connectivity index (χ4v) is 2.41. The SMILES string of the molecule is N#CCc1ccc(S(=O)(=O)NCCOCC(F)(F)F)cc1. The van der Waals surface area contributed by atoms with Gasteiger partial charge in [0.15, 0.2) is 0 Å². The first kappa shape index (κ1) is 17.4. The highest BCUT2D eigenvalue weighted by molar-refractivity contribution is 7.89. The van der Waals surface area contributed by atoms with Crippen molar-refractivity contribution in [2.45, 2.75) is 17.5 Å². The first-order chi connectivity index (χ1) is 9.74. The molecular weight excluding hydrogens is 309 g/mol. The molecule has 0 bridgehead atoms. The van der Waals surface area contributed by atoms with Crippen molar-refractivity contribution in [1.29, 1.82) is 5.26 Å². The summed E-state index contributed by atoms with van der Waals surface area (Å²) in [7, 11) is -3.80. The van der Waals surface area contributed by atoms with Gasteiger partial charge in [-0.25, -0.2) is 13.1 Å². The average Bonchev–Trinajstić information content (AvgIpc) is 2.38. The third kappa shape index (κ3) is 6.57. The van der Waals surface area contributed by atoms with E-state index in [1.165, 1.54) is 24.3 Å². The lowest BCUT2D eigenvalue weighted by molar-refractivity contribution is -0.173. The second-order valence-corrected chi connectivity index (χ2v) is 5.81. The summed E-state index contributed by atoms with van der Waals surface area (Å²) in [5.41, 5.74) is 0.671. The molecule has 0 spiro atoms. The van der Waals surface area contributed by atoms with Crippen molar-refractivity contribution in [3.05, 3.63) is 29.8 Å². The maximum absolute atomic E-state index is 11.8. The van der Waals surface area contributed by atoms with E-state index in [9.17, 15) is 21.6 Å². The lowest BCUT2D eigenvalue weighted by Gasteiger charge is -2.09. The van der Waals surface area contributed by atoms with Gasteiger partial charge in [-0.2, -0.15) is 18.4 Å². The van der Waals surface area contributed by atoms with Gasteiger partial charge in [-0.15, -0.1) is 0 Å². The van der Waals surface area contributed by atoms with Gasteiger partial charge in [0, 0.05) is 6.54 Å². The zero-order valence-electron chi connectivity index (χ0n) is 10.9. The molecule has 0 saturated carbocycles. The Morgan fingerprint density at radius 1 is 1.24 bits per heavy atom. The molecule has 0 aliphatic carbocycles. The number of benzene rings is 1. The Bertz CT molecular complexity index is 592. The maximum atomic E-state index is 11.8. The standard InChI is InChI=1S/C12H13F3N2O3S/c13-12(14,15)9-20-8-7-17-21(18,19)11-3-1-10(2-4-11)5-6-16/h1-4,17H,5,7-9H2. The number of halogens is 3. The lowest BCUT2D eigenvalue weighted by Crippen LogP contribution is -2.29. The minimum absolute atomic E-state index is 0.0278. The fourth-order valence-electron chi connectivity index (χ4n) is 1.40. The van der Waals surface area contributed by atoms with Gasteiger partial charge in [-0.3, -0.25) is 0 Å². The Kier molecular flexibility index (Phi) is 6.14. The van der Waals surface area contributed by atoms with E-state index >= 15 is 0 Å². The first-order valence-electron chi connectivity index (χ1n) is 5.85. The molecule has 0 heterocycles. The third-order valence-corrected chi connectivity index (χ3v) is 3.80. The number of hydrogen-bond donors (Lipinski definition) is 1. The van der Waals surface area contributed by atoms with Gasteiger partial charge in [0.25, 0.3) is 0 Å². The molecule has 1 aromatic carbocycles. The van der Waals surface area contributed by atoms with Crippen molar-refractivity contribution >= 4 is 10.0 Å². The Morgan fingerprint density at radius 2 is 1.86 bits per heavy atom. The van der Waals surface area contributed by atoms with Crippen molar-refractivity contribution < 1.29 is 26.3 Å². The predicted octanol–water partition coefficient (Wildman–Crippen LogP) is 1.61. The van der Waals surface area contributed by atoms with Crippen LogP contribution in [0.3, 0.4) is 0 Å². The van der Waals surface area contributed by atoms with Crippen LogP contribution >= 0.6 is 0 Å². The molecule has 0 aromatic heterocycles. The smallest absolute Gasteiger partial charge is 0.371 e. The summed E-state index contributed by atoms with van der Waals surface area (Å²) >= 11 is 0. The molecule has 116 valence electrons. The Balaban J connectivity index is 2.48. The molecule has 1 aromatic rings. The molecule has 0 saturated heterocycles. The van der Waals surface area contributed by atoms with Crippen LogP contribution in [0.5, 0.6) is 0 Å². The van der Waals surface area contributed by atoms with Crippen molar-refractivity contribution in [3.8, 4) is 6.07 Å². The van der Waals surface area contributed by atoms with Crippen molar-refractivity contribution in [3.63, 3.8) is 0 Å². The summed E-state index contributed by atoms with van der Waals surface area (Å²) in [6.07, 6.45) is -4.27. The molecule has 21 heavy (non-hydrogen) atoms. The minimum atomic E-state index is -4.44. The van der Waals surface area contributed by atoms with Crippen molar-refractivity contribution in [2.24, 2.45) is 0 Å². The molecule has 0 fully saturated rings. The predicted molar refractivity (Wildman–Crippen MR) is 67.8 cm³/mol. The zero-order chi connectivity index (χ0) is 15.9. The van der Waals surface area contributed by atoms with Crippen LogP contribution in [0.2, 0.25) is 0 Å². The molecule has 0 aliphatic rings. The largest absolute Gasteiger partial charge is 0.411 e. The number of hydrogen-bond acceptors (Lipinski definition) is 4. The molecule has 0 atom stereocenters. The van der Waals surface area contributed by atoms with Gasteiger partial charge in [-0.05, 0) is 17.7 Å². The van der Waals surface area contributed by atoms with Crippen molar-refractivity contribution in [1.82, 2.24) is 4.72 Å². The summed E-state index contributed by atoms with van der Waals surface area (Å²) in [6.45, 7) is -2.07. The number of nitriles is 1. The molecule has 9 heteroatoms. The van der Waals surface area contributed by atoms with Crippen LogP contribution in [-0.2, 0) is 21.2 Å². The number of rotatable bonds is 7. The summed E-state index contributed by atoms with van der Waals surface area (Å²) < 4.78 is 65.4. The number of alkyl halides is 3. The molecule has 0 radical (unpaired) electrons. The van der Waals surface area contributed by atoms with E-state index in [1.54, 1.807) is 0 Å². The second-order valence-electron chi connectivity index (χ2n) is 4.04. The summed E-state index contributed by atoms with van der Waals surface area (Å²) in [6, 6.07) is 7.58. The highest BCUT2D eigenvalue weighted by atomic mass is 32.2. The topological polar surface area (TPSA) is 79.2 Å². The highest BCUT2D eigenvalue weighted by Gasteiger charge is 2.27. The Hall–Kier alpha value is -1.63. The Morgan fingerprint density at radius 3 is 2.38 bits per heavy atom. The highest BCUT2D eigenvalue weighted by Crippen LogP contribution is 2.14. The molecule has 5 nitrogen and oxygen atoms in total. The van der Waals surface area contributed by atoms with E-state index in [2.05, 4.69) is 9.46 Å². The van der Waals surface area contributed by atoms with Crippen LogP contribution in [0, 0.1) is 11.3 Å². The third-order valence-electron chi connectivity index (χ3n) is 2.32. The van der Waals surface area contributed by atoms with Crippen LogP contribution < -0.4 is 4.72 Å². The number of nitrogens with zero attached hydrogens (tertiary/aromatic N) is 1. The molecular formula is C12H13F3N2O3S. The normalized spacial score (nSPS) is 12.1. The average molecular weight is 322 g/mol. The summed E-state index contributed by atoms with van der Waals surface area (Å²) in [4.78, 5) is -0.0278. The number of ether oxygens (including phenoxy) is 1. The Labute approximate surface area is 120 Å².